The van der Waals surface area contributed by atoms with E-state index in [4.69, 9.17) is 9.47 Å². The van der Waals surface area contributed by atoms with Crippen molar-refractivity contribution in [3.8, 4) is 11.9 Å². The van der Waals surface area contributed by atoms with Crippen molar-refractivity contribution in [2.45, 2.75) is 24.4 Å². The molecule has 10 heteroatoms. The molecule has 2 fully saturated rings. The Morgan fingerprint density at radius 1 is 1.38 bits per heavy atom. The number of ether oxygens (including phenoxy) is 2. The van der Waals surface area contributed by atoms with Gasteiger partial charge in [0.2, 0.25) is 0 Å². The molecule has 2 aromatic rings. The Balaban J connectivity index is 1.48. The number of hydrogen-bond acceptors (Lipinski definition) is 7. The summed E-state index contributed by atoms with van der Waals surface area (Å²) in [5.74, 6) is 0.470. The molecule has 0 unspecified atom stereocenters. The number of nitrogens with zero attached hydrogens (tertiary/aromatic N) is 3. The van der Waals surface area contributed by atoms with E-state index in [2.05, 4.69) is 15.7 Å². The summed E-state index contributed by atoms with van der Waals surface area (Å²) in [6.45, 7) is 0.280. The van der Waals surface area contributed by atoms with Gasteiger partial charge >= 0.3 is 6.09 Å². The van der Waals surface area contributed by atoms with Crippen LogP contribution in [-0.4, -0.2) is 46.2 Å². The molecule has 1 aromatic heterocycles. The van der Waals surface area contributed by atoms with Crippen molar-refractivity contribution < 1.29 is 27.4 Å². The summed E-state index contributed by atoms with van der Waals surface area (Å²) < 4.78 is 41.9. The van der Waals surface area contributed by atoms with Gasteiger partial charge in [0.15, 0.2) is 6.10 Å². The second-order valence-electron chi connectivity index (χ2n) is 6.97. The van der Waals surface area contributed by atoms with Crippen LogP contribution in [0.2, 0.25) is 0 Å². The van der Waals surface area contributed by atoms with Crippen molar-refractivity contribution >= 4 is 22.6 Å². The minimum atomic E-state index is -0.990. The lowest BCUT2D eigenvalue weighted by atomic mass is 9.76. The summed E-state index contributed by atoms with van der Waals surface area (Å²) in [6.07, 6.45) is 0.915. The van der Waals surface area contributed by atoms with Crippen LogP contribution in [0.4, 0.5) is 14.9 Å². The second-order valence-corrected chi connectivity index (χ2v) is 8.67. The highest BCUT2D eigenvalue weighted by atomic mass is 32.2. The third kappa shape index (κ3) is 3.82. The molecule has 0 radical (unpaired) electrons. The van der Waals surface area contributed by atoms with E-state index in [1.165, 1.54) is 29.4 Å². The number of aromatic nitrogens is 1. The van der Waals surface area contributed by atoms with Gasteiger partial charge in [0.05, 0.1) is 23.7 Å². The summed E-state index contributed by atoms with van der Waals surface area (Å²) in [7, 11) is -0.962. The molecule has 1 amide bonds. The molecule has 2 aliphatic rings. The molecular formula is C19H18FN3O5S. The van der Waals surface area contributed by atoms with Crippen LogP contribution >= 0.6 is 0 Å². The van der Waals surface area contributed by atoms with Gasteiger partial charge < -0.3 is 14.0 Å². The van der Waals surface area contributed by atoms with Gasteiger partial charge in [-0.15, -0.1) is 0 Å². The molecule has 0 N–H and O–H groups in total. The molecule has 152 valence electrons. The van der Waals surface area contributed by atoms with E-state index < -0.39 is 34.2 Å². The Morgan fingerprint density at radius 3 is 2.83 bits per heavy atom. The van der Waals surface area contributed by atoms with E-state index in [9.17, 15) is 18.7 Å². The SMILES string of the molecule is N#CC1(c2ccc(N3C[C@H](COc4ccon4)OC3=O)cc2F)CCS(=O)CC1. The van der Waals surface area contributed by atoms with E-state index in [1.807, 2.05) is 0 Å². The van der Waals surface area contributed by atoms with Crippen molar-refractivity contribution in [1.82, 2.24) is 5.16 Å². The lowest BCUT2D eigenvalue weighted by Crippen LogP contribution is -2.34. The number of amides is 1. The molecule has 29 heavy (non-hydrogen) atoms. The van der Waals surface area contributed by atoms with Gasteiger partial charge in [-0.25, -0.2) is 9.18 Å². The predicted molar refractivity (Wildman–Crippen MR) is 100 cm³/mol. The highest BCUT2D eigenvalue weighted by Crippen LogP contribution is 2.38. The van der Waals surface area contributed by atoms with Crippen LogP contribution < -0.4 is 9.64 Å². The van der Waals surface area contributed by atoms with Crippen molar-refractivity contribution in [3.63, 3.8) is 0 Å². The number of halogens is 1. The number of hydrogen-bond donors (Lipinski definition) is 0. The van der Waals surface area contributed by atoms with E-state index in [0.29, 0.717) is 30.0 Å². The molecule has 1 atom stereocenters. The number of nitriles is 1. The highest BCUT2D eigenvalue weighted by molar-refractivity contribution is 7.85. The van der Waals surface area contributed by atoms with Gasteiger partial charge in [-0.05, 0) is 30.1 Å². The van der Waals surface area contributed by atoms with Crippen LogP contribution in [0, 0.1) is 17.1 Å². The third-order valence-electron chi connectivity index (χ3n) is 5.21. The molecule has 3 heterocycles. The summed E-state index contributed by atoms with van der Waals surface area (Å²) in [4.78, 5) is 13.5. The fourth-order valence-corrected chi connectivity index (χ4v) is 4.93. The van der Waals surface area contributed by atoms with Gasteiger partial charge in [0, 0.05) is 33.9 Å². The number of carbonyl (C=O) groups excluding carboxylic acids is 1. The number of rotatable bonds is 5. The Hall–Kier alpha value is -2.93. The third-order valence-corrected chi connectivity index (χ3v) is 6.53. The fourth-order valence-electron chi connectivity index (χ4n) is 3.58. The van der Waals surface area contributed by atoms with Crippen LogP contribution in [0.25, 0.3) is 0 Å². The van der Waals surface area contributed by atoms with Crippen LogP contribution in [-0.2, 0) is 21.0 Å². The van der Waals surface area contributed by atoms with Gasteiger partial charge in [0.1, 0.15) is 18.7 Å². The zero-order valence-electron chi connectivity index (χ0n) is 15.4. The average molecular weight is 419 g/mol. The van der Waals surface area contributed by atoms with Crippen LogP contribution in [0.15, 0.2) is 35.1 Å². The first kappa shape index (κ1) is 19.4. The van der Waals surface area contributed by atoms with E-state index >= 15 is 0 Å². The first-order valence-electron chi connectivity index (χ1n) is 9.08. The summed E-state index contributed by atoms with van der Waals surface area (Å²) in [5.41, 5.74) is -0.373. The number of benzene rings is 1. The molecule has 2 aliphatic heterocycles. The van der Waals surface area contributed by atoms with Crippen molar-refractivity contribution in [2.75, 3.05) is 29.6 Å². The zero-order chi connectivity index (χ0) is 20.4. The normalized spacial score (nSPS) is 26.8. The quantitative estimate of drug-likeness (QED) is 0.733. The first-order valence-corrected chi connectivity index (χ1v) is 10.6. The van der Waals surface area contributed by atoms with Crippen LogP contribution in [0.5, 0.6) is 5.88 Å². The van der Waals surface area contributed by atoms with Crippen molar-refractivity contribution in [3.05, 3.63) is 41.9 Å². The molecule has 4 rings (SSSR count). The number of anilines is 1. The highest BCUT2D eigenvalue weighted by Gasteiger charge is 2.39. The van der Waals surface area contributed by atoms with E-state index in [1.54, 1.807) is 6.07 Å². The van der Waals surface area contributed by atoms with Gasteiger partial charge in [0.25, 0.3) is 5.88 Å². The molecule has 0 spiro atoms. The zero-order valence-corrected chi connectivity index (χ0v) is 16.2. The van der Waals surface area contributed by atoms with Gasteiger partial charge in [-0.2, -0.15) is 5.26 Å². The smallest absolute Gasteiger partial charge is 0.414 e. The Kier molecular flexibility index (Phi) is 5.24. The van der Waals surface area contributed by atoms with Gasteiger partial charge in [-0.3, -0.25) is 9.11 Å². The topological polar surface area (TPSA) is 106 Å². The van der Waals surface area contributed by atoms with Crippen molar-refractivity contribution in [2.24, 2.45) is 0 Å². The van der Waals surface area contributed by atoms with Crippen LogP contribution in [0.1, 0.15) is 18.4 Å². The first-order chi connectivity index (χ1) is 14.0. The monoisotopic (exact) mass is 419 g/mol. The number of carbonyl (C=O) groups is 1. The average Bonchev–Trinajstić information content (AvgIpc) is 3.37. The minimum absolute atomic E-state index is 0.0873. The van der Waals surface area contributed by atoms with Crippen LogP contribution in [0.3, 0.4) is 0 Å². The Labute approximate surface area is 168 Å². The molecule has 0 aliphatic carbocycles. The lowest BCUT2D eigenvalue weighted by Gasteiger charge is -2.31. The lowest BCUT2D eigenvalue weighted by molar-refractivity contribution is 0.102. The maximum absolute atomic E-state index is 14.9. The Morgan fingerprint density at radius 2 is 2.17 bits per heavy atom. The summed E-state index contributed by atoms with van der Waals surface area (Å²) in [5, 5.41) is 13.3. The standard InChI is InChI=1S/C19H18FN3O5S/c20-16-9-13(1-2-15(16)19(12-21)4-7-29(25)8-5-19)23-10-14(28-18(23)24)11-26-17-3-6-27-22-17/h1-3,6,9,14H,4-5,7-8,10-11H2/t14-,19?,29?/m1/s1. The largest absolute Gasteiger partial charge is 0.471 e. The van der Waals surface area contributed by atoms with E-state index in [0.717, 1.165) is 0 Å². The molecular weight excluding hydrogens is 401 g/mol. The summed E-state index contributed by atoms with van der Waals surface area (Å²) >= 11 is 0. The minimum Gasteiger partial charge on any atom is -0.471 e. The molecule has 0 saturated carbocycles. The Bertz CT molecular complexity index is 965. The molecule has 1 aromatic carbocycles. The maximum atomic E-state index is 14.9. The maximum Gasteiger partial charge on any atom is 0.414 e. The molecule has 8 nitrogen and oxygen atoms in total. The molecule has 0 bridgehead atoms. The van der Waals surface area contributed by atoms with E-state index in [-0.39, 0.29) is 24.6 Å². The second kappa shape index (κ2) is 7.83. The van der Waals surface area contributed by atoms with Crippen molar-refractivity contribution in [1.29, 1.82) is 5.26 Å². The fraction of sp³-hybridized carbons (Fsp3) is 0.421. The summed E-state index contributed by atoms with van der Waals surface area (Å²) in [6, 6.07) is 8.13. The van der Waals surface area contributed by atoms with Gasteiger partial charge in [-0.1, -0.05) is 6.07 Å². The molecule has 2 saturated heterocycles. The predicted octanol–water partition coefficient (Wildman–Crippen LogP) is 2.52. The number of cyclic esters (lactones) is 1.